The van der Waals surface area contributed by atoms with Crippen LogP contribution < -0.4 is 0 Å². The molecule has 0 saturated heterocycles. The monoisotopic (exact) mass is 290 g/mol. The molecule has 0 radical (unpaired) electrons. The molecular weight excluding hydrogens is 283 g/mol. The second kappa shape index (κ2) is 3.82. The molecule has 0 saturated carbocycles. The lowest BCUT2D eigenvalue weighted by Gasteiger charge is -2.06. The van der Waals surface area contributed by atoms with Crippen molar-refractivity contribution in [2.75, 3.05) is 0 Å². The summed E-state index contributed by atoms with van der Waals surface area (Å²) < 4.78 is 0.178. The second-order valence-electron chi connectivity index (χ2n) is 1.95. The van der Waals surface area contributed by atoms with Gasteiger partial charge in [-0.05, 0) is 5.92 Å². The molecule has 0 aliphatic carbocycles. The Morgan fingerprint density at radius 2 is 2.00 bits per heavy atom. The molecule has 0 bridgehead atoms. The van der Waals surface area contributed by atoms with Crippen molar-refractivity contribution in [1.82, 2.24) is 0 Å². The minimum Gasteiger partial charge on any atom is -0.287 e. The van der Waals surface area contributed by atoms with E-state index in [9.17, 15) is 4.79 Å². The zero-order chi connectivity index (χ0) is 6.73. The molecule has 0 aliphatic heterocycles. The minimum atomic E-state index is 0.0306. The summed E-state index contributed by atoms with van der Waals surface area (Å²) in [6.45, 7) is 4.02. The maximum absolute atomic E-state index is 10.5. The fourth-order valence-electron chi connectivity index (χ4n) is 0.262. The summed E-state index contributed by atoms with van der Waals surface area (Å²) in [4.78, 5) is 10.6. The van der Waals surface area contributed by atoms with Gasteiger partial charge in [0.15, 0.2) is 0 Å². The van der Waals surface area contributed by atoms with Crippen LogP contribution in [0.2, 0.25) is 0 Å². The van der Waals surface area contributed by atoms with Gasteiger partial charge in [0.25, 0.3) is 0 Å². The normalized spacial score (nSPS) is 14.1. The highest BCUT2D eigenvalue weighted by atomic mass is 127. The van der Waals surface area contributed by atoms with Crippen LogP contribution in [-0.2, 0) is 4.79 Å². The zero-order valence-electron chi connectivity index (χ0n) is 4.82. The minimum absolute atomic E-state index is 0.0306. The maximum Gasteiger partial charge on any atom is 0.206 e. The van der Waals surface area contributed by atoms with Crippen molar-refractivity contribution in [2.24, 2.45) is 5.92 Å². The molecule has 3 heteroatoms. The molecule has 0 aliphatic rings. The number of rotatable bonds is 2. The van der Waals surface area contributed by atoms with Gasteiger partial charge in [0, 0.05) is 22.6 Å². The molecule has 0 N–H and O–H groups in total. The highest BCUT2D eigenvalue weighted by Gasteiger charge is 2.14. The summed E-state index contributed by atoms with van der Waals surface area (Å²) in [5.74, 6) is 0.402. The van der Waals surface area contributed by atoms with Crippen molar-refractivity contribution < 1.29 is 4.79 Å². The third-order valence-corrected chi connectivity index (χ3v) is 3.80. The van der Waals surface area contributed by atoms with E-state index < -0.39 is 0 Å². The summed E-state index contributed by atoms with van der Waals surface area (Å²) in [6.07, 6.45) is 0. The van der Waals surface area contributed by atoms with Crippen LogP contribution in [0.1, 0.15) is 13.8 Å². The molecule has 1 nitrogen and oxygen atoms in total. The lowest BCUT2D eigenvalue weighted by Crippen LogP contribution is -2.13. The predicted molar refractivity (Wildman–Crippen MR) is 46.6 cm³/mol. The van der Waals surface area contributed by atoms with Crippen LogP contribution in [-0.4, -0.2) is 8.62 Å². The van der Waals surface area contributed by atoms with E-state index in [0.29, 0.717) is 5.92 Å². The molecule has 0 amide bonds. The molecule has 0 fully saturated rings. The van der Waals surface area contributed by atoms with Crippen molar-refractivity contribution in [3.05, 3.63) is 0 Å². The van der Waals surface area contributed by atoms with Crippen molar-refractivity contribution >= 4 is 42.3 Å². The Kier molecular flexibility index (Phi) is 4.24. The average molecular weight is 291 g/mol. The van der Waals surface area contributed by atoms with Gasteiger partial charge in [-0.1, -0.05) is 29.8 Å². The van der Waals surface area contributed by atoms with Crippen LogP contribution in [0.3, 0.4) is 0 Å². The molecule has 0 aromatic carbocycles. The van der Waals surface area contributed by atoms with Gasteiger partial charge in [-0.3, -0.25) is 4.79 Å². The van der Waals surface area contributed by atoms with E-state index in [-0.39, 0.29) is 8.62 Å². The lowest BCUT2D eigenvalue weighted by atomic mass is 10.2. The number of hydrogen-bond acceptors (Lipinski definition) is 1. The number of halogens is 2. The first kappa shape index (κ1) is 8.88. The van der Waals surface area contributed by atoms with Crippen LogP contribution in [0.4, 0.5) is 0 Å². The van der Waals surface area contributed by atoms with Gasteiger partial charge < -0.3 is 0 Å². The van der Waals surface area contributed by atoms with Crippen molar-refractivity contribution in [3.8, 4) is 0 Å². The van der Waals surface area contributed by atoms with E-state index in [1.165, 1.54) is 0 Å². The molecule has 0 heterocycles. The molecule has 1 atom stereocenters. The van der Waals surface area contributed by atoms with Crippen molar-refractivity contribution in [3.63, 3.8) is 0 Å². The van der Waals surface area contributed by atoms with Crippen LogP contribution in [0.25, 0.3) is 0 Å². The standard InChI is InChI=1S/C5H8BrIO/c1-3(2)4(6)5(7)8/h3-4H,1-2H3/t4-/m1/s1. The fraction of sp³-hybridized carbons (Fsp3) is 0.800. The molecule has 0 unspecified atom stereocenters. The average Bonchev–Trinajstić information content (AvgIpc) is 1.64. The topological polar surface area (TPSA) is 17.1 Å². The Labute approximate surface area is 71.5 Å². The first-order valence-electron chi connectivity index (χ1n) is 2.39. The van der Waals surface area contributed by atoms with Gasteiger partial charge in [-0.2, -0.15) is 0 Å². The van der Waals surface area contributed by atoms with Crippen LogP contribution in [0.5, 0.6) is 0 Å². The highest BCUT2D eigenvalue weighted by molar-refractivity contribution is 14.1. The quantitative estimate of drug-likeness (QED) is 0.433. The van der Waals surface area contributed by atoms with E-state index in [1.54, 1.807) is 22.6 Å². The second-order valence-corrected chi connectivity index (χ2v) is 4.00. The molecule has 48 valence electrons. The van der Waals surface area contributed by atoms with Crippen LogP contribution in [0.15, 0.2) is 0 Å². The van der Waals surface area contributed by atoms with Crippen LogP contribution >= 0.6 is 38.5 Å². The lowest BCUT2D eigenvalue weighted by molar-refractivity contribution is -0.109. The Balaban J connectivity index is 3.64. The summed E-state index contributed by atoms with van der Waals surface area (Å²) >= 11 is 5.05. The van der Waals surface area contributed by atoms with E-state index in [2.05, 4.69) is 15.9 Å². The highest BCUT2D eigenvalue weighted by Crippen LogP contribution is 2.15. The predicted octanol–water partition coefficient (Wildman–Crippen LogP) is 2.37. The molecule has 0 spiro atoms. The van der Waals surface area contributed by atoms with Crippen molar-refractivity contribution in [1.29, 1.82) is 0 Å². The number of alkyl halides is 1. The van der Waals surface area contributed by atoms with Crippen molar-refractivity contribution in [2.45, 2.75) is 18.7 Å². The van der Waals surface area contributed by atoms with Gasteiger partial charge >= 0.3 is 0 Å². The summed E-state index contributed by atoms with van der Waals surface area (Å²) in [5.41, 5.74) is 0. The Morgan fingerprint density at radius 3 is 2.00 bits per heavy atom. The smallest absolute Gasteiger partial charge is 0.206 e. The molecular formula is C5H8BrIO. The van der Waals surface area contributed by atoms with Gasteiger partial charge in [0.2, 0.25) is 3.79 Å². The van der Waals surface area contributed by atoms with Gasteiger partial charge in [-0.15, -0.1) is 0 Å². The maximum atomic E-state index is 10.5. The Bertz CT molecular complexity index is 92.4. The SMILES string of the molecule is CC(C)[C@@H](Br)C(=O)I. The van der Waals surface area contributed by atoms with E-state index >= 15 is 0 Å². The summed E-state index contributed by atoms with van der Waals surface area (Å²) in [7, 11) is 0. The summed E-state index contributed by atoms with van der Waals surface area (Å²) in [5, 5.41) is 0. The molecule has 8 heavy (non-hydrogen) atoms. The Hall–Kier alpha value is 0.880. The molecule has 0 rings (SSSR count). The number of hydrogen-bond donors (Lipinski definition) is 0. The zero-order valence-corrected chi connectivity index (χ0v) is 8.56. The number of carbonyl (C=O) groups is 1. The third kappa shape index (κ3) is 3.02. The van der Waals surface area contributed by atoms with Gasteiger partial charge in [-0.25, -0.2) is 0 Å². The van der Waals surface area contributed by atoms with E-state index in [1.807, 2.05) is 13.8 Å². The van der Waals surface area contributed by atoms with E-state index in [0.717, 1.165) is 0 Å². The van der Waals surface area contributed by atoms with Crippen LogP contribution in [0, 0.1) is 5.92 Å². The first-order chi connectivity index (χ1) is 3.55. The van der Waals surface area contributed by atoms with Gasteiger partial charge in [0.05, 0.1) is 4.83 Å². The molecule has 0 aromatic rings. The largest absolute Gasteiger partial charge is 0.287 e. The fourth-order valence-corrected chi connectivity index (χ4v) is 0.981. The summed E-state index contributed by atoms with van der Waals surface area (Å²) in [6, 6.07) is 0. The third-order valence-electron chi connectivity index (χ3n) is 0.802. The first-order valence-corrected chi connectivity index (χ1v) is 4.38. The Morgan fingerprint density at radius 1 is 1.62 bits per heavy atom. The number of carbonyl (C=O) groups excluding carboxylic acids is 1. The van der Waals surface area contributed by atoms with E-state index in [4.69, 9.17) is 0 Å². The van der Waals surface area contributed by atoms with Gasteiger partial charge in [0.1, 0.15) is 0 Å². The molecule has 0 aromatic heterocycles.